The molecule has 7 nitrogen and oxygen atoms in total. The minimum Gasteiger partial charge on any atom is -0.459 e. The Morgan fingerprint density at radius 3 is 2.64 bits per heavy atom. The molecule has 3 rings (SSSR count). The Morgan fingerprint density at radius 1 is 1.18 bits per heavy atom. The molecule has 7 heteroatoms. The van der Waals surface area contributed by atoms with E-state index in [1.54, 1.807) is 12.3 Å². The van der Waals surface area contributed by atoms with Crippen molar-refractivity contribution >= 4 is 17.5 Å². The summed E-state index contributed by atoms with van der Waals surface area (Å²) in [6.45, 7) is 3.14. The van der Waals surface area contributed by atoms with E-state index in [0.717, 1.165) is 11.1 Å². The van der Waals surface area contributed by atoms with Crippen molar-refractivity contribution in [2.75, 3.05) is 0 Å². The second-order valence-electron chi connectivity index (χ2n) is 6.50. The fourth-order valence-corrected chi connectivity index (χ4v) is 2.95. The van der Waals surface area contributed by atoms with E-state index in [-0.39, 0.29) is 24.5 Å². The van der Waals surface area contributed by atoms with Gasteiger partial charge in [0.05, 0.1) is 18.2 Å². The molecule has 0 aliphatic carbocycles. The van der Waals surface area contributed by atoms with E-state index in [1.807, 2.05) is 43.3 Å². The molecule has 0 radical (unpaired) electrons. The molecule has 0 aliphatic heterocycles. The van der Waals surface area contributed by atoms with Crippen LogP contribution in [0.2, 0.25) is 0 Å². The molecule has 2 heterocycles. The lowest BCUT2D eigenvalue weighted by Gasteiger charge is -2.17. The van der Waals surface area contributed by atoms with Crippen LogP contribution in [0.5, 0.6) is 0 Å². The first kappa shape index (κ1) is 19.3. The summed E-state index contributed by atoms with van der Waals surface area (Å²) in [5.41, 5.74) is 2.33. The molecule has 1 aromatic carbocycles. The number of carbonyl (C=O) groups is 2. The molecule has 0 saturated carbocycles. The van der Waals surface area contributed by atoms with Crippen LogP contribution in [0.3, 0.4) is 0 Å². The highest BCUT2D eigenvalue weighted by Gasteiger charge is 2.18. The summed E-state index contributed by atoms with van der Waals surface area (Å²) in [5.74, 6) is -0.726. The number of fused-ring (bicyclic) bond motifs is 1. The van der Waals surface area contributed by atoms with Crippen LogP contribution in [0.15, 0.2) is 59.5 Å². The third kappa shape index (κ3) is 4.62. The summed E-state index contributed by atoms with van der Waals surface area (Å²) in [6, 6.07) is 13.7. The molecular weight excluding hydrogens is 358 g/mol. The van der Waals surface area contributed by atoms with Gasteiger partial charge in [-0.1, -0.05) is 36.4 Å². The average Bonchev–Trinajstić information content (AvgIpc) is 2.67. The third-order valence-corrected chi connectivity index (χ3v) is 4.27. The first-order valence-electron chi connectivity index (χ1n) is 8.89. The van der Waals surface area contributed by atoms with Crippen LogP contribution in [0.4, 0.5) is 0 Å². The van der Waals surface area contributed by atoms with E-state index in [1.165, 1.54) is 17.4 Å². The second-order valence-corrected chi connectivity index (χ2v) is 6.50. The third-order valence-electron chi connectivity index (χ3n) is 4.27. The van der Waals surface area contributed by atoms with Gasteiger partial charge in [0.2, 0.25) is 5.91 Å². The van der Waals surface area contributed by atoms with E-state index in [4.69, 9.17) is 4.74 Å². The van der Waals surface area contributed by atoms with Crippen molar-refractivity contribution in [1.82, 2.24) is 14.7 Å². The zero-order chi connectivity index (χ0) is 20.1. The fourth-order valence-electron chi connectivity index (χ4n) is 2.95. The summed E-state index contributed by atoms with van der Waals surface area (Å²) >= 11 is 0. The number of amides is 1. The molecular formula is C21H21N3O4. The Hall–Kier alpha value is -3.48. The average molecular weight is 379 g/mol. The lowest BCUT2D eigenvalue weighted by atomic mass is 10.0. The Labute approximate surface area is 162 Å². The van der Waals surface area contributed by atoms with Crippen LogP contribution in [0.1, 0.15) is 36.2 Å². The maximum absolute atomic E-state index is 12.3. The van der Waals surface area contributed by atoms with E-state index in [0.29, 0.717) is 11.3 Å². The number of esters is 1. The van der Waals surface area contributed by atoms with Gasteiger partial charge in [0, 0.05) is 19.2 Å². The van der Waals surface area contributed by atoms with Crippen LogP contribution < -0.4 is 10.9 Å². The van der Waals surface area contributed by atoms with Crippen molar-refractivity contribution < 1.29 is 14.3 Å². The highest BCUT2D eigenvalue weighted by atomic mass is 16.5. The highest BCUT2D eigenvalue weighted by molar-refractivity contribution is 5.76. The van der Waals surface area contributed by atoms with Crippen molar-refractivity contribution in [2.24, 2.45) is 0 Å². The maximum atomic E-state index is 12.3. The summed E-state index contributed by atoms with van der Waals surface area (Å²) in [6.07, 6.45) is 1.63. The molecule has 1 amide bonds. The molecule has 0 unspecified atom stereocenters. The van der Waals surface area contributed by atoms with Crippen molar-refractivity contribution in [3.05, 3.63) is 81.9 Å². The molecule has 2 aromatic heterocycles. The Bertz CT molecular complexity index is 1060. The summed E-state index contributed by atoms with van der Waals surface area (Å²) in [5, 5.41) is 2.76. The number of benzene rings is 1. The fraction of sp³-hybridized carbons (Fsp3) is 0.238. The number of ether oxygens (including phenoxy) is 1. The molecule has 28 heavy (non-hydrogen) atoms. The highest BCUT2D eigenvalue weighted by Crippen LogP contribution is 2.17. The minimum atomic E-state index is -0.491. The zero-order valence-electron chi connectivity index (χ0n) is 15.7. The number of nitrogens with zero attached hydrogens (tertiary/aromatic N) is 2. The van der Waals surface area contributed by atoms with Crippen molar-refractivity contribution in [1.29, 1.82) is 0 Å². The number of hydrogen-bond donors (Lipinski definition) is 1. The van der Waals surface area contributed by atoms with Gasteiger partial charge in [0.25, 0.3) is 5.56 Å². The van der Waals surface area contributed by atoms with Gasteiger partial charge < -0.3 is 10.1 Å². The van der Waals surface area contributed by atoms with Crippen LogP contribution in [0.25, 0.3) is 5.65 Å². The zero-order valence-corrected chi connectivity index (χ0v) is 15.7. The van der Waals surface area contributed by atoms with Crippen LogP contribution in [0, 0.1) is 6.92 Å². The summed E-state index contributed by atoms with van der Waals surface area (Å²) in [7, 11) is 0. The summed E-state index contributed by atoms with van der Waals surface area (Å²) < 4.78 is 6.75. The molecule has 1 atom stereocenters. The van der Waals surface area contributed by atoms with Crippen molar-refractivity contribution in [2.45, 2.75) is 32.9 Å². The number of rotatable bonds is 6. The Kier molecular flexibility index (Phi) is 5.84. The molecule has 0 fully saturated rings. The quantitative estimate of drug-likeness (QED) is 0.664. The number of pyridine rings is 1. The maximum Gasteiger partial charge on any atom is 0.308 e. The van der Waals surface area contributed by atoms with Crippen LogP contribution >= 0.6 is 0 Å². The van der Waals surface area contributed by atoms with Crippen LogP contribution in [-0.2, 0) is 20.9 Å². The first-order chi connectivity index (χ1) is 13.4. The molecule has 144 valence electrons. The number of aromatic nitrogens is 2. The standard InChI is InChI=1S/C21H21N3O4/c1-14-7-6-10-24-19(26)11-17(23-21(14)24)13-28-20(27)12-18(22-15(2)25)16-8-4-3-5-9-16/h3-11,18H,12-13H2,1-2H3,(H,22,25)/t18-/m0/s1. The van der Waals surface area contributed by atoms with Crippen LogP contribution in [-0.4, -0.2) is 21.3 Å². The van der Waals surface area contributed by atoms with Gasteiger partial charge in [0.15, 0.2) is 0 Å². The van der Waals surface area contributed by atoms with Crippen molar-refractivity contribution in [3.63, 3.8) is 0 Å². The van der Waals surface area contributed by atoms with Gasteiger partial charge in [-0.05, 0) is 24.1 Å². The van der Waals surface area contributed by atoms with E-state index in [2.05, 4.69) is 10.3 Å². The Morgan fingerprint density at radius 2 is 1.93 bits per heavy atom. The summed E-state index contributed by atoms with van der Waals surface area (Å²) in [4.78, 5) is 40.4. The van der Waals surface area contributed by atoms with Gasteiger partial charge in [0.1, 0.15) is 12.3 Å². The SMILES string of the molecule is CC(=O)N[C@@H](CC(=O)OCc1cc(=O)n2cccc(C)c2n1)c1ccccc1. The predicted molar refractivity (Wildman–Crippen MR) is 104 cm³/mol. The molecule has 0 bridgehead atoms. The van der Waals surface area contributed by atoms with Gasteiger partial charge in [-0.3, -0.25) is 18.8 Å². The van der Waals surface area contributed by atoms with Gasteiger partial charge in [-0.25, -0.2) is 4.98 Å². The number of carbonyl (C=O) groups excluding carboxylic acids is 2. The first-order valence-corrected chi connectivity index (χ1v) is 8.89. The molecule has 3 aromatic rings. The minimum absolute atomic E-state index is 0.0187. The largest absolute Gasteiger partial charge is 0.459 e. The molecule has 0 spiro atoms. The van der Waals surface area contributed by atoms with E-state index < -0.39 is 12.0 Å². The number of hydrogen-bond acceptors (Lipinski definition) is 5. The van der Waals surface area contributed by atoms with Crippen molar-refractivity contribution in [3.8, 4) is 0 Å². The smallest absolute Gasteiger partial charge is 0.308 e. The van der Waals surface area contributed by atoms with Gasteiger partial charge in [-0.2, -0.15) is 0 Å². The lowest BCUT2D eigenvalue weighted by molar-refractivity contribution is -0.145. The van der Waals surface area contributed by atoms with Gasteiger partial charge in [-0.15, -0.1) is 0 Å². The predicted octanol–water partition coefficient (Wildman–Crippen LogP) is 2.31. The lowest BCUT2D eigenvalue weighted by Crippen LogP contribution is -2.28. The van der Waals surface area contributed by atoms with E-state index >= 15 is 0 Å². The monoisotopic (exact) mass is 379 g/mol. The molecule has 0 aliphatic rings. The molecule has 0 saturated heterocycles. The number of aryl methyl sites for hydroxylation is 1. The number of nitrogens with one attached hydrogen (secondary N) is 1. The van der Waals surface area contributed by atoms with E-state index in [9.17, 15) is 14.4 Å². The normalized spacial score (nSPS) is 11.8. The van der Waals surface area contributed by atoms with Gasteiger partial charge >= 0.3 is 5.97 Å². The topological polar surface area (TPSA) is 89.8 Å². The Balaban J connectivity index is 1.71. The molecule has 1 N–H and O–H groups in total. The second kappa shape index (κ2) is 8.47.